The van der Waals surface area contributed by atoms with E-state index in [1.54, 1.807) is 42.5 Å². The molecule has 0 saturated heterocycles. The second kappa shape index (κ2) is 6.87. The van der Waals surface area contributed by atoms with Crippen molar-refractivity contribution < 1.29 is 9.59 Å². The minimum Gasteiger partial charge on any atom is -0.341 e. The van der Waals surface area contributed by atoms with Crippen molar-refractivity contribution in [2.45, 2.75) is 0 Å². The van der Waals surface area contributed by atoms with Crippen LogP contribution in [0.5, 0.6) is 0 Å². The third kappa shape index (κ3) is 3.67. The van der Waals surface area contributed by atoms with Crippen molar-refractivity contribution in [2.24, 2.45) is 0 Å². The summed E-state index contributed by atoms with van der Waals surface area (Å²) in [6.45, 7) is 0.126. The molecule has 0 radical (unpaired) electrons. The van der Waals surface area contributed by atoms with E-state index in [0.717, 1.165) is 0 Å². The molecule has 0 bridgehead atoms. The van der Waals surface area contributed by atoms with Gasteiger partial charge in [0.15, 0.2) is 0 Å². The summed E-state index contributed by atoms with van der Waals surface area (Å²) in [5.41, 5.74) is 1.02. The number of amides is 2. The number of carbonyl (C=O) groups excluding carboxylic acids is 2. The number of nitrogens with one attached hydrogen (secondary N) is 2. The molecule has 21 heavy (non-hydrogen) atoms. The molecule has 5 heteroatoms. The van der Waals surface area contributed by atoms with Crippen molar-refractivity contribution in [1.29, 1.82) is 0 Å². The van der Waals surface area contributed by atoms with Gasteiger partial charge in [-0.25, -0.2) is 0 Å². The van der Waals surface area contributed by atoms with Crippen LogP contribution in [0.4, 0.5) is 5.69 Å². The molecule has 5 nitrogen and oxygen atoms in total. The molecule has 0 aliphatic heterocycles. The van der Waals surface area contributed by atoms with E-state index >= 15 is 0 Å². The van der Waals surface area contributed by atoms with E-state index in [2.05, 4.69) is 21.5 Å². The molecule has 2 rings (SSSR count). The number of rotatable bonds is 4. The summed E-state index contributed by atoms with van der Waals surface area (Å²) in [6.07, 6.45) is 6.64. The van der Waals surface area contributed by atoms with Crippen LogP contribution in [0.25, 0.3) is 0 Å². The minimum atomic E-state index is -0.382. The number of carbonyl (C=O) groups is 2. The lowest BCUT2D eigenvalue weighted by Crippen LogP contribution is -2.25. The number of hydrogen-bond acceptors (Lipinski definition) is 3. The topological polar surface area (TPSA) is 71.1 Å². The molecule has 1 heterocycles. The molecule has 0 aliphatic carbocycles. The average molecular weight is 279 g/mol. The lowest BCUT2D eigenvalue weighted by atomic mass is 10.1. The van der Waals surface area contributed by atoms with Gasteiger partial charge in [0.1, 0.15) is 5.69 Å². The first-order chi connectivity index (χ1) is 10.2. The highest BCUT2D eigenvalue weighted by molar-refractivity contribution is 6.08. The maximum atomic E-state index is 12.1. The Bertz CT molecular complexity index is 690. The van der Waals surface area contributed by atoms with Gasteiger partial charge in [-0.1, -0.05) is 24.1 Å². The Balaban J connectivity index is 2.19. The maximum Gasteiger partial charge on any atom is 0.274 e. The normalized spacial score (nSPS) is 9.48. The second-order valence-electron chi connectivity index (χ2n) is 4.10. The molecule has 0 spiro atoms. The predicted octanol–water partition coefficient (Wildman–Crippen LogP) is 1.70. The van der Waals surface area contributed by atoms with Gasteiger partial charge in [-0.3, -0.25) is 14.6 Å². The van der Waals surface area contributed by atoms with Crippen LogP contribution < -0.4 is 10.6 Å². The molecule has 2 amide bonds. The third-order valence-corrected chi connectivity index (χ3v) is 2.67. The summed E-state index contributed by atoms with van der Waals surface area (Å²) in [5.74, 6) is 1.60. The number of terminal acetylenes is 1. The Morgan fingerprint density at radius 2 is 1.86 bits per heavy atom. The fourth-order valence-electron chi connectivity index (χ4n) is 1.70. The number of para-hydroxylation sites is 1. The SMILES string of the molecule is C#CCNC(=O)c1ccccc1NC(=O)c1ccccn1. The lowest BCUT2D eigenvalue weighted by Gasteiger charge is -2.10. The van der Waals surface area contributed by atoms with Crippen molar-refractivity contribution in [3.05, 3.63) is 59.9 Å². The number of hydrogen-bond donors (Lipinski definition) is 2. The van der Waals surface area contributed by atoms with E-state index in [0.29, 0.717) is 11.3 Å². The second-order valence-corrected chi connectivity index (χ2v) is 4.10. The monoisotopic (exact) mass is 279 g/mol. The zero-order valence-electron chi connectivity index (χ0n) is 11.2. The average Bonchev–Trinajstić information content (AvgIpc) is 2.54. The summed E-state index contributed by atoms with van der Waals surface area (Å²) in [6, 6.07) is 11.7. The molecule has 0 unspecified atom stereocenters. The van der Waals surface area contributed by atoms with E-state index in [1.165, 1.54) is 6.20 Å². The molecule has 0 aliphatic rings. The number of pyridine rings is 1. The predicted molar refractivity (Wildman–Crippen MR) is 79.8 cm³/mol. The van der Waals surface area contributed by atoms with Crippen molar-refractivity contribution in [3.63, 3.8) is 0 Å². The molecule has 0 fully saturated rings. The van der Waals surface area contributed by atoms with Gasteiger partial charge in [0.05, 0.1) is 17.8 Å². The fourth-order valence-corrected chi connectivity index (χ4v) is 1.70. The highest BCUT2D eigenvalue weighted by atomic mass is 16.2. The summed E-state index contributed by atoms with van der Waals surface area (Å²) >= 11 is 0. The van der Waals surface area contributed by atoms with E-state index in [1.807, 2.05) is 0 Å². The van der Waals surface area contributed by atoms with Gasteiger partial charge < -0.3 is 10.6 Å². The van der Waals surface area contributed by atoms with Gasteiger partial charge in [-0.2, -0.15) is 0 Å². The summed E-state index contributed by atoms with van der Waals surface area (Å²) in [7, 11) is 0. The number of benzene rings is 1. The van der Waals surface area contributed by atoms with Crippen molar-refractivity contribution >= 4 is 17.5 Å². The van der Waals surface area contributed by atoms with Gasteiger partial charge in [0, 0.05) is 6.20 Å². The van der Waals surface area contributed by atoms with Crippen molar-refractivity contribution in [1.82, 2.24) is 10.3 Å². The smallest absolute Gasteiger partial charge is 0.274 e. The minimum absolute atomic E-state index is 0.126. The summed E-state index contributed by atoms with van der Waals surface area (Å²) < 4.78 is 0. The molecular weight excluding hydrogens is 266 g/mol. The first-order valence-electron chi connectivity index (χ1n) is 6.25. The Labute approximate surface area is 122 Å². The zero-order valence-corrected chi connectivity index (χ0v) is 11.2. The van der Waals surface area contributed by atoms with Crippen molar-refractivity contribution in [2.75, 3.05) is 11.9 Å². The van der Waals surface area contributed by atoms with Gasteiger partial charge >= 0.3 is 0 Å². The number of anilines is 1. The molecule has 104 valence electrons. The molecule has 2 N–H and O–H groups in total. The standard InChI is InChI=1S/C16H13N3O2/c1-2-10-18-15(20)12-7-3-4-8-13(12)19-16(21)14-9-5-6-11-17-14/h1,3-9,11H,10H2,(H,18,20)(H,19,21). The van der Waals surface area contributed by atoms with E-state index in [9.17, 15) is 9.59 Å². The van der Waals surface area contributed by atoms with Crippen LogP contribution in [-0.2, 0) is 0 Å². The largest absolute Gasteiger partial charge is 0.341 e. The van der Waals surface area contributed by atoms with Crippen LogP contribution in [0.2, 0.25) is 0 Å². The molecule has 1 aromatic carbocycles. The highest BCUT2D eigenvalue weighted by Gasteiger charge is 2.13. The van der Waals surface area contributed by atoms with Crippen LogP contribution in [0.15, 0.2) is 48.7 Å². The summed E-state index contributed by atoms with van der Waals surface area (Å²) in [4.78, 5) is 28.0. The Morgan fingerprint density at radius 1 is 1.10 bits per heavy atom. The zero-order chi connectivity index (χ0) is 15.1. The van der Waals surface area contributed by atoms with Gasteiger partial charge in [0.25, 0.3) is 11.8 Å². The molecule has 1 aromatic heterocycles. The molecular formula is C16H13N3O2. The first kappa shape index (κ1) is 14.3. The quantitative estimate of drug-likeness (QED) is 0.837. The van der Waals surface area contributed by atoms with E-state index in [4.69, 9.17) is 6.42 Å². The van der Waals surface area contributed by atoms with E-state index < -0.39 is 0 Å². The fraction of sp³-hybridized carbons (Fsp3) is 0.0625. The first-order valence-corrected chi connectivity index (χ1v) is 6.25. The third-order valence-electron chi connectivity index (χ3n) is 2.67. The highest BCUT2D eigenvalue weighted by Crippen LogP contribution is 2.15. The van der Waals surface area contributed by atoms with Crippen LogP contribution >= 0.6 is 0 Å². The Morgan fingerprint density at radius 3 is 2.57 bits per heavy atom. The molecule has 2 aromatic rings. The van der Waals surface area contributed by atoms with Crippen LogP contribution in [0.1, 0.15) is 20.8 Å². The van der Waals surface area contributed by atoms with Crippen molar-refractivity contribution in [3.8, 4) is 12.3 Å². The van der Waals surface area contributed by atoms with Gasteiger partial charge in [-0.15, -0.1) is 6.42 Å². The maximum absolute atomic E-state index is 12.1. The van der Waals surface area contributed by atoms with Gasteiger partial charge in [0.2, 0.25) is 0 Å². The van der Waals surface area contributed by atoms with Crippen LogP contribution in [-0.4, -0.2) is 23.3 Å². The summed E-state index contributed by atoms with van der Waals surface area (Å²) in [5, 5.41) is 5.23. The Hall–Kier alpha value is -3.13. The van der Waals surface area contributed by atoms with E-state index in [-0.39, 0.29) is 24.1 Å². The molecule has 0 atom stereocenters. The lowest BCUT2D eigenvalue weighted by molar-refractivity contribution is 0.0959. The number of nitrogens with zero attached hydrogens (tertiary/aromatic N) is 1. The van der Waals surface area contributed by atoms with Crippen LogP contribution in [0, 0.1) is 12.3 Å². The number of aromatic nitrogens is 1. The Kier molecular flexibility index (Phi) is 4.67. The van der Waals surface area contributed by atoms with Gasteiger partial charge in [-0.05, 0) is 24.3 Å². The molecule has 0 saturated carbocycles. The van der Waals surface area contributed by atoms with Crippen LogP contribution in [0.3, 0.4) is 0 Å².